The monoisotopic (exact) mass is 365 g/mol. The van der Waals surface area contributed by atoms with E-state index in [0.717, 1.165) is 12.6 Å². The summed E-state index contributed by atoms with van der Waals surface area (Å²) < 4.78 is 1.18. The van der Waals surface area contributed by atoms with E-state index in [2.05, 4.69) is 62.9 Å². The largest absolute Gasteiger partial charge is 0.369 e. The molecule has 4 heteroatoms. The van der Waals surface area contributed by atoms with Crippen molar-refractivity contribution < 1.29 is 0 Å². The average molecular weight is 366 g/mol. The molecule has 0 N–H and O–H groups in total. The lowest BCUT2D eigenvalue weighted by Crippen LogP contribution is -2.50. The normalized spacial score (nSPS) is 21.0. The first kappa shape index (κ1) is 16.3. The molecule has 3 nitrogen and oxygen atoms in total. The molecule has 1 aromatic rings. The van der Waals surface area contributed by atoms with Crippen molar-refractivity contribution in [3.05, 3.63) is 28.2 Å². The van der Waals surface area contributed by atoms with Gasteiger partial charge in [0.15, 0.2) is 0 Å². The molecule has 122 valence electrons. The van der Waals surface area contributed by atoms with Gasteiger partial charge < -0.3 is 9.80 Å². The Labute approximate surface area is 143 Å². The Hall–Kier alpha value is -0.580. The van der Waals surface area contributed by atoms with Gasteiger partial charge in [0, 0.05) is 48.9 Å². The second-order valence-electron chi connectivity index (χ2n) is 6.97. The fourth-order valence-corrected chi connectivity index (χ4v) is 4.34. The number of rotatable bonds is 4. The molecule has 1 aromatic carbocycles. The molecule has 0 spiro atoms. The van der Waals surface area contributed by atoms with Crippen LogP contribution in [0, 0.1) is 0 Å². The number of hydrogen-bond acceptors (Lipinski definition) is 3. The highest BCUT2D eigenvalue weighted by Gasteiger charge is 2.26. The van der Waals surface area contributed by atoms with Crippen LogP contribution in [0.25, 0.3) is 0 Å². The molecule has 1 saturated carbocycles. The second kappa shape index (κ2) is 7.33. The molecule has 1 aliphatic carbocycles. The van der Waals surface area contributed by atoms with Crippen molar-refractivity contribution in [1.82, 2.24) is 9.80 Å². The van der Waals surface area contributed by atoms with E-state index in [1.165, 1.54) is 67.6 Å². The fourth-order valence-electron chi connectivity index (χ4n) is 3.93. The van der Waals surface area contributed by atoms with E-state index in [1.807, 2.05) is 0 Å². The van der Waals surface area contributed by atoms with Crippen LogP contribution in [0.4, 0.5) is 5.69 Å². The van der Waals surface area contributed by atoms with E-state index in [0.29, 0.717) is 0 Å². The highest BCUT2D eigenvalue weighted by Crippen LogP contribution is 2.29. The summed E-state index contributed by atoms with van der Waals surface area (Å²) in [7, 11) is 4.28. The van der Waals surface area contributed by atoms with E-state index in [4.69, 9.17) is 0 Å². The Bertz CT molecular complexity index is 489. The molecule has 22 heavy (non-hydrogen) atoms. The topological polar surface area (TPSA) is 9.72 Å². The number of nitrogens with zero attached hydrogens (tertiary/aromatic N) is 3. The van der Waals surface area contributed by atoms with Gasteiger partial charge in [-0.05, 0) is 50.7 Å². The number of halogens is 1. The highest BCUT2D eigenvalue weighted by atomic mass is 79.9. The molecule has 1 aliphatic heterocycles. The Morgan fingerprint density at radius 3 is 2.41 bits per heavy atom. The molecule has 3 rings (SSSR count). The standard InChI is InChI=1S/C18H28BrN3/c1-20(2)14-15-13-16(19)7-8-18(15)22-11-9-21(10-12-22)17-5-3-4-6-17/h7-8,13,17H,3-6,9-12,14H2,1-2H3. The number of piperazine rings is 1. The quantitative estimate of drug-likeness (QED) is 0.807. The lowest BCUT2D eigenvalue weighted by atomic mass is 10.1. The van der Waals surface area contributed by atoms with Gasteiger partial charge in [0.25, 0.3) is 0 Å². The molecular formula is C18H28BrN3. The van der Waals surface area contributed by atoms with Crippen LogP contribution in [0.5, 0.6) is 0 Å². The minimum absolute atomic E-state index is 0.869. The summed E-state index contributed by atoms with van der Waals surface area (Å²) in [6, 6.07) is 7.61. The first-order valence-electron chi connectivity index (χ1n) is 8.55. The SMILES string of the molecule is CN(C)Cc1cc(Br)ccc1N1CCN(C2CCCC2)CC1. The summed E-state index contributed by atoms with van der Waals surface area (Å²) in [4.78, 5) is 7.56. The van der Waals surface area contributed by atoms with Crippen molar-refractivity contribution in [3.63, 3.8) is 0 Å². The Morgan fingerprint density at radius 1 is 1.09 bits per heavy atom. The molecule has 0 amide bonds. The highest BCUT2D eigenvalue weighted by molar-refractivity contribution is 9.10. The molecular weight excluding hydrogens is 338 g/mol. The van der Waals surface area contributed by atoms with Gasteiger partial charge >= 0.3 is 0 Å². The van der Waals surface area contributed by atoms with Gasteiger partial charge in [-0.15, -0.1) is 0 Å². The van der Waals surface area contributed by atoms with Gasteiger partial charge in [0.2, 0.25) is 0 Å². The molecule has 2 aliphatic rings. The Morgan fingerprint density at radius 2 is 1.77 bits per heavy atom. The summed E-state index contributed by atoms with van der Waals surface area (Å²) in [5.41, 5.74) is 2.84. The summed E-state index contributed by atoms with van der Waals surface area (Å²) in [5.74, 6) is 0. The van der Waals surface area contributed by atoms with Crippen molar-refractivity contribution in [2.75, 3.05) is 45.2 Å². The van der Waals surface area contributed by atoms with Gasteiger partial charge in [-0.25, -0.2) is 0 Å². The molecule has 0 atom stereocenters. The van der Waals surface area contributed by atoms with Crippen LogP contribution < -0.4 is 4.90 Å². The van der Waals surface area contributed by atoms with Gasteiger partial charge in [-0.1, -0.05) is 28.8 Å². The van der Waals surface area contributed by atoms with Crippen LogP contribution in [-0.4, -0.2) is 56.1 Å². The van der Waals surface area contributed by atoms with Gasteiger partial charge in [-0.3, -0.25) is 4.90 Å². The third kappa shape index (κ3) is 3.84. The van der Waals surface area contributed by atoms with Gasteiger partial charge in [-0.2, -0.15) is 0 Å². The first-order valence-corrected chi connectivity index (χ1v) is 9.35. The summed E-state index contributed by atoms with van der Waals surface area (Å²) >= 11 is 3.62. The maximum Gasteiger partial charge on any atom is 0.0413 e. The fraction of sp³-hybridized carbons (Fsp3) is 0.667. The van der Waals surface area contributed by atoms with Crippen LogP contribution in [0.2, 0.25) is 0 Å². The van der Waals surface area contributed by atoms with Crippen molar-refractivity contribution in [1.29, 1.82) is 0 Å². The van der Waals surface area contributed by atoms with Gasteiger partial charge in [0.1, 0.15) is 0 Å². The minimum atomic E-state index is 0.869. The predicted molar refractivity (Wildman–Crippen MR) is 97.6 cm³/mol. The van der Waals surface area contributed by atoms with Crippen molar-refractivity contribution in [2.45, 2.75) is 38.3 Å². The van der Waals surface area contributed by atoms with Gasteiger partial charge in [0.05, 0.1) is 0 Å². The smallest absolute Gasteiger partial charge is 0.0413 e. The average Bonchev–Trinajstić information content (AvgIpc) is 3.01. The zero-order valence-electron chi connectivity index (χ0n) is 13.9. The van der Waals surface area contributed by atoms with E-state index < -0.39 is 0 Å². The Balaban J connectivity index is 1.67. The van der Waals surface area contributed by atoms with Crippen molar-refractivity contribution >= 4 is 21.6 Å². The third-order valence-electron chi connectivity index (χ3n) is 5.02. The van der Waals surface area contributed by atoms with Crippen LogP contribution in [0.15, 0.2) is 22.7 Å². The Kier molecular flexibility index (Phi) is 5.42. The lowest BCUT2D eigenvalue weighted by Gasteiger charge is -2.40. The molecule has 1 heterocycles. The van der Waals surface area contributed by atoms with E-state index in [1.54, 1.807) is 0 Å². The predicted octanol–water partition coefficient (Wildman–Crippen LogP) is 3.58. The van der Waals surface area contributed by atoms with E-state index >= 15 is 0 Å². The van der Waals surface area contributed by atoms with Crippen molar-refractivity contribution in [3.8, 4) is 0 Å². The maximum atomic E-state index is 3.62. The van der Waals surface area contributed by atoms with E-state index in [9.17, 15) is 0 Å². The lowest BCUT2D eigenvalue weighted by molar-refractivity contribution is 0.187. The first-order chi connectivity index (χ1) is 10.6. The zero-order valence-corrected chi connectivity index (χ0v) is 15.5. The zero-order chi connectivity index (χ0) is 15.5. The molecule has 0 aromatic heterocycles. The van der Waals surface area contributed by atoms with Crippen LogP contribution >= 0.6 is 15.9 Å². The van der Waals surface area contributed by atoms with E-state index in [-0.39, 0.29) is 0 Å². The van der Waals surface area contributed by atoms with Crippen LogP contribution in [0.3, 0.4) is 0 Å². The molecule has 0 radical (unpaired) electrons. The molecule has 0 bridgehead atoms. The second-order valence-corrected chi connectivity index (χ2v) is 7.89. The third-order valence-corrected chi connectivity index (χ3v) is 5.52. The minimum Gasteiger partial charge on any atom is -0.369 e. The maximum absolute atomic E-state index is 3.62. The number of anilines is 1. The van der Waals surface area contributed by atoms with Crippen LogP contribution in [-0.2, 0) is 6.54 Å². The molecule has 1 saturated heterocycles. The molecule has 2 fully saturated rings. The summed E-state index contributed by atoms with van der Waals surface area (Å²) in [6.07, 6.45) is 5.71. The summed E-state index contributed by atoms with van der Waals surface area (Å²) in [6.45, 7) is 5.78. The number of hydrogen-bond donors (Lipinski definition) is 0. The van der Waals surface area contributed by atoms with Crippen LogP contribution in [0.1, 0.15) is 31.2 Å². The summed E-state index contributed by atoms with van der Waals surface area (Å²) in [5, 5.41) is 0. The molecule has 0 unspecified atom stereocenters. The van der Waals surface area contributed by atoms with Crippen molar-refractivity contribution in [2.24, 2.45) is 0 Å². The number of benzene rings is 1.